The lowest BCUT2D eigenvalue weighted by atomic mass is 10.1. The lowest BCUT2D eigenvalue weighted by molar-refractivity contribution is 0.388. The van der Waals surface area contributed by atoms with Gasteiger partial charge in [-0.1, -0.05) is 0 Å². The SMILES string of the molecule is COc1ccc2nnc(CC3CCCN3)n2n1. The molecule has 2 aromatic heterocycles. The summed E-state index contributed by atoms with van der Waals surface area (Å²) in [7, 11) is 1.61. The molecular formula is C11H15N5O. The third-order valence-corrected chi connectivity index (χ3v) is 3.10. The Bertz CT molecular complexity index is 518. The van der Waals surface area contributed by atoms with Gasteiger partial charge in [-0.15, -0.1) is 15.3 Å². The summed E-state index contributed by atoms with van der Waals surface area (Å²) >= 11 is 0. The maximum Gasteiger partial charge on any atom is 0.231 e. The molecule has 0 aromatic carbocycles. The molecule has 17 heavy (non-hydrogen) atoms. The van der Waals surface area contributed by atoms with Gasteiger partial charge in [0.05, 0.1) is 7.11 Å². The van der Waals surface area contributed by atoms with E-state index in [0.29, 0.717) is 11.9 Å². The van der Waals surface area contributed by atoms with E-state index in [1.165, 1.54) is 12.8 Å². The van der Waals surface area contributed by atoms with E-state index in [2.05, 4.69) is 20.6 Å². The van der Waals surface area contributed by atoms with Gasteiger partial charge in [-0.05, 0) is 25.5 Å². The Balaban J connectivity index is 1.92. The highest BCUT2D eigenvalue weighted by atomic mass is 16.5. The molecular weight excluding hydrogens is 218 g/mol. The Hall–Kier alpha value is -1.69. The van der Waals surface area contributed by atoms with Crippen LogP contribution in [0.3, 0.4) is 0 Å². The van der Waals surface area contributed by atoms with Gasteiger partial charge < -0.3 is 10.1 Å². The number of fused-ring (bicyclic) bond motifs is 1. The van der Waals surface area contributed by atoms with E-state index in [-0.39, 0.29) is 0 Å². The van der Waals surface area contributed by atoms with Gasteiger partial charge in [0.15, 0.2) is 11.5 Å². The van der Waals surface area contributed by atoms with Gasteiger partial charge in [-0.25, -0.2) is 0 Å². The molecule has 0 aliphatic carbocycles. The fourth-order valence-corrected chi connectivity index (χ4v) is 2.20. The number of rotatable bonds is 3. The van der Waals surface area contributed by atoms with Crippen molar-refractivity contribution in [2.75, 3.05) is 13.7 Å². The summed E-state index contributed by atoms with van der Waals surface area (Å²) < 4.78 is 6.88. The van der Waals surface area contributed by atoms with Gasteiger partial charge in [0.2, 0.25) is 5.88 Å². The first-order valence-electron chi connectivity index (χ1n) is 5.85. The second kappa shape index (κ2) is 4.29. The third kappa shape index (κ3) is 1.95. The Labute approximate surface area is 99.0 Å². The fourth-order valence-electron chi connectivity index (χ4n) is 2.20. The summed E-state index contributed by atoms with van der Waals surface area (Å²) in [6, 6.07) is 4.15. The summed E-state index contributed by atoms with van der Waals surface area (Å²) in [4.78, 5) is 0. The second-order valence-corrected chi connectivity index (χ2v) is 4.26. The summed E-state index contributed by atoms with van der Waals surface area (Å²) in [5.74, 6) is 1.47. The predicted molar refractivity (Wildman–Crippen MR) is 62.1 cm³/mol. The van der Waals surface area contributed by atoms with Crippen molar-refractivity contribution >= 4 is 5.65 Å². The first-order valence-corrected chi connectivity index (χ1v) is 5.85. The van der Waals surface area contributed by atoms with Crippen molar-refractivity contribution in [1.29, 1.82) is 0 Å². The summed E-state index contributed by atoms with van der Waals surface area (Å²) in [5.41, 5.74) is 0.763. The van der Waals surface area contributed by atoms with E-state index < -0.39 is 0 Å². The number of nitrogens with zero attached hydrogens (tertiary/aromatic N) is 4. The average molecular weight is 233 g/mol. The third-order valence-electron chi connectivity index (χ3n) is 3.10. The van der Waals surface area contributed by atoms with Crippen molar-refractivity contribution in [2.45, 2.75) is 25.3 Å². The molecule has 3 heterocycles. The van der Waals surface area contributed by atoms with Crippen LogP contribution in [0.2, 0.25) is 0 Å². The molecule has 1 saturated heterocycles. The van der Waals surface area contributed by atoms with E-state index in [4.69, 9.17) is 4.74 Å². The van der Waals surface area contributed by atoms with Crippen LogP contribution in [0.25, 0.3) is 5.65 Å². The van der Waals surface area contributed by atoms with Gasteiger partial charge in [0.1, 0.15) is 0 Å². The highest BCUT2D eigenvalue weighted by Crippen LogP contribution is 2.13. The maximum absolute atomic E-state index is 5.11. The molecule has 1 unspecified atom stereocenters. The molecule has 0 bridgehead atoms. The molecule has 0 radical (unpaired) electrons. The van der Waals surface area contributed by atoms with Crippen LogP contribution >= 0.6 is 0 Å². The van der Waals surface area contributed by atoms with Crippen LogP contribution in [-0.4, -0.2) is 39.5 Å². The zero-order valence-corrected chi connectivity index (χ0v) is 9.76. The largest absolute Gasteiger partial charge is 0.480 e. The molecule has 1 fully saturated rings. The lowest BCUT2D eigenvalue weighted by Crippen LogP contribution is -2.24. The van der Waals surface area contributed by atoms with Crippen LogP contribution in [-0.2, 0) is 6.42 Å². The molecule has 6 heteroatoms. The van der Waals surface area contributed by atoms with Crippen molar-refractivity contribution in [3.05, 3.63) is 18.0 Å². The number of nitrogens with one attached hydrogen (secondary N) is 1. The van der Waals surface area contributed by atoms with Crippen LogP contribution in [0.4, 0.5) is 0 Å². The van der Waals surface area contributed by atoms with Crippen LogP contribution < -0.4 is 10.1 Å². The Morgan fingerprint density at radius 1 is 1.47 bits per heavy atom. The van der Waals surface area contributed by atoms with Gasteiger partial charge in [0.25, 0.3) is 0 Å². The zero-order chi connectivity index (χ0) is 11.7. The molecule has 0 spiro atoms. The lowest BCUT2D eigenvalue weighted by Gasteiger charge is -2.07. The predicted octanol–water partition coefficient (Wildman–Crippen LogP) is 0.427. The molecule has 6 nitrogen and oxygen atoms in total. The molecule has 1 aliphatic rings. The normalized spacial score (nSPS) is 19.9. The zero-order valence-electron chi connectivity index (χ0n) is 9.76. The van der Waals surface area contributed by atoms with E-state index >= 15 is 0 Å². The minimum Gasteiger partial charge on any atom is -0.480 e. The summed E-state index contributed by atoms with van der Waals surface area (Å²) in [5, 5.41) is 16.1. The number of methoxy groups -OCH3 is 1. The van der Waals surface area contributed by atoms with Gasteiger partial charge in [0, 0.05) is 18.5 Å². The molecule has 90 valence electrons. The average Bonchev–Trinajstić information content (AvgIpc) is 2.99. The Morgan fingerprint density at radius 3 is 3.18 bits per heavy atom. The Kier molecular flexibility index (Phi) is 2.64. The first kappa shape index (κ1) is 10.5. The van der Waals surface area contributed by atoms with Gasteiger partial charge >= 0.3 is 0 Å². The van der Waals surface area contributed by atoms with E-state index in [9.17, 15) is 0 Å². The highest BCUT2D eigenvalue weighted by Gasteiger charge is 2.18. The highest BCUT2D eigenvalue weighted by molar-refractivity contribution is 5.37. The molecule has 0 amide bonds. The van der Waals surface area contributed by atoms with Crippen LogP contribution in [0, 0.1) is 0 Å². The smallest absolute Gasteiger partial charge is 0.231 e. The minimum atomic E-state index is 0.496. The number of ether oxygens (including phenoxy) is 1. The van der Waals surface area contributed by atoms with Crippen LogP contribution in [0.15, 0.2) is 12.1 Å². The molecule has 1 N–H and O–H groups in total. The van der Waals surface area contributed by atoms with E-state index in [1.54, 1.807) is 17.7 Å². The second-order valence-electron chi connectivity index (χ2n) is 4.26. The topological polar surface area (TPSA) is 64.3 Å². The van der Waals surface area contributed by atoms with Crippen molar-refractivity contribution in [3.8, 4) is 5.88 Å². The van der Waals surface area contributed by atoms with E-state index in [1.807, 2.05) is 6.07 Å². The monoisotopic (exact) mass is 233 g/mol. The summed E-state index contributed by atoms with van der Waals surface area (Å²) in [6.07, 6.45) is 3.29. The quantitative estimate of drug-likeness (QED) is 0.832. The maximum atomic E-state index is 5.11. The first-order chi connectivity index (χ1) is 8.36. The van der Waals surface area contributed by atoms with Gasteiger partial charge in [-0.3, -0.25) is 0 Å². The number of hydrogen-bond donors (Lipinski definition) is 1. The molecule has 0 saturated carbocycles. The van der Waals surface area contributed by atoms with Crippen LogP contribution in [0.5, 0.6) is 5.88 Å². The Morgan fingerprint density at radius 2 is 2.41 bits per heavy atom. The molecule has 3 rings (SSSR count). The number of aromatic nitrogens is 4. The molecule has 2 aromatic rings. The van der Waals surface area contributed by atoms with Crippen molar-refractivity contribution in [3.63, 3.8) is 0 Å². The van der Waals surface area contributed by atoms with Crippen LogP contribution in [0.1, 0.15) is 18.7 Å². The van der Waals surface area contributed by atoms with Crippen molar-refractivity contribution in [1.82, 2.24) is 25.1 Å². The van der Waals surface area contributed by atoms with Crippen molar-refractivity contribution in [2.24, 2.45) is 0 Å². The van der Waals surface area contributed by atoms with Crippen molar-refractivity contribution < 1.29 is 4.74 Å². The molecule has 1 aliphatic heterocycles. The fraction of sp³-hybridized carbons (Fsp3) is 0.545. The molecule has 1 atom stereocenters. The minimum absolute atomic E-state index is 0.496. The number of hydrogen-bond acceptors (Lipinski definition) is 5. The summed E-state index contributed by atoms with van der Waals surface area (Å²) in [6.45, 7) is 1.10. The standard InChI is InChI=1S/C11H15N5O/c1-17-11-5-4-9-13-14-10(16(9)15-11)7-8-3-2-6-12-8/h4-5,8,12H,2-3,6-7H2,1H3. The van der Waals surface area contributed by atoms with E-state index in [0.717, 1.165) is 24.4 Å². The van der Waals surface area contributed by atoms with Gasteiger partial charge in [-0.2, -0.15) is 4.52 Å².